The van der Waals surface area contributed by atoms with Crippen molar-refractivity contribution in [3.05, 3.63) is 107 Å². The minimum Gasteiger partial charge on any atom is -0.294 e. The summed E-state index contributed by atoms with van der Waals surface area (Å²) < 4.78 is 0. The first-order chi connectivity index (χ1) is 12.2. The van der Waals surface area contributed by atoms with Crippen LogP contribution in [0.4, 0.5) is 0 Å². The van der Waals surface area contributed by atoms with Crippen molar-refractivity contribution in [3.8, 4) is 11.8 Å². The van der Waals surface area contributed by atoms with Gasteiger partial charge in [-0.25, -0.2) is 0 Å². The number of benzene rings is 3. The Morgan fingerprint density at radius 2 is 1.44 bits per heavy atom. The van der Waals surface area contributed by atoms with E-state index >= 15 is 0 Å². The van der Waals surface area contributed by atoms with Crippen LogP contribution < -0.4 is 0 Å². The predicted octanol–water partition coefficient (Wildman–Crippen LogP) is 5.40. The molecule has 3 aromatic carbocycles. The standard InChI is InChI=1S/C24H20O/c1-19-12-15-21(16-13-19)23(17-14-20-8-4-2-5-9-20)18-24(25)22-10-6-3-7-11-22/h2-13,15-16,23H,18H2,1H3. The second kappa shape index (κ2) is 8.13. The van der Waals surface area contributed by atoms with Gasteiger partial charge < -0.3 is 0 Å². The maximum atomic E-state index is 12.6. The Kier molecular flexibility index (Phi) is 5.44. The van der Waals surface area contributed by atoms with Crippen LogP contribution in [0.25, 0.3) is 0 Å². The monoisotopic (exact) mass is 324 g/mol. The van der Waals surface area contributed by atoms with Crippen LogP contribution >= 0.6 is 0 Å². The highest BCUT2D eigenvalue weighted by Crippen LogP contribution is 2.22. The van der Waals surface area contributed by atoms with Gasteiger partial charge in [0.25, 0.3) is 0 Å². The SMILES string of the molecule is Cc1ccc(C(C#Cc2ccccc2)CC(=O)c2ccccc2)cc1. The first kappa shape index (κ1) is 16.7. The van der Waals surface area contributed by atoms with Gasteiger partial charge in [0, 0.05) is 17.5 Å². The number of ketones is 1. The highest BCUT2D eigenvalue weighted by atomic mass is 16.1. The van der Waals surface area contributed by atoms with Crippen molar-refractivity contribution >= 4 is 5.78 Å². The summed E-state index contributed by atoms with van der Waals surface area (Å²) in [6.45, 7) is 2.06. The Morgan fingerprint density at radius 1 is 0.840 bits per heavy atom. The van der Waals surface area contributed by atoms with E-state index in [-0.39, 0.29) is 11.7 Å². The largest absolute Gasteiger partial charge is 0.294 e. The van der Waals surface area contributed by atoms with Gasteiger partial charge in [0.2, 0.25) is 0 Å². The van der Waals surface area contributed by atoms with Crippen LogP contribution in [-0.4, -0.2) is 5.78 Å². The molecule has 0 fully saturated rings. The lowest BCUT2D eigenvalue weighted by atomic mass is 9.91. The lowest BCUT2D eigenvalue weighted by Crippen LogP contribution is -2.06. The summed E-state index contributed by atoms with van der Waals surface area (Å²) in [6, 6.07) is 27.6. The summed E-state index contributed by atoms with van der Waals surface area (Å²) in [7, 11) is 0. The van der Waals surface area contributed by atoms with Crippen molar-refractivity contribution in [2.45, 2.75) is 19.3 Å². The quantitative estimate of drug-likeness (QED) is 0.464. The van der Waals surface area contributed by atoms with E-state index in [2.05, 4.69) is 43.0 Å². The van der Waals surface area contributed by atoms with Crippen LogP contribution in [0, 0.1) is 18.8 Å². The highest BCUT2D eigenvalue weighted by Gasteiger charge is 2.15. The topological polar surface area (TPSA) is 17.1 Å². The average Bonchev–Trinajstić information content (AvgIpc) is 2.67. The third kappa shape index (κ3) is 4.68. The Hall–Kier alpha value is -3.11. The number of hydrogen-bond donors (Lipinski definition) is 0. The van der Waals surface area contributed by atoms with E-state index < -0.39 is 0 Å². The molecule has 0 aliphatic heterocycles. The van der Waals surface area contributed by atoms with Crippen molar-refractivity contribution in [3.63, 3.8) is 0 Å². The van der Waals surface area contributed by atoms with E-state index in [9.17, 15) is 4.79 Å². The molecule has 0 aromatic heterocycles. The lowest BCUT2D eigenvalue weighted by molar-refractivity contribution is 0.0979. The molecule has 0 saturated heterocycles. The zero-order chi connectivity index (χ0) is 17.5. The smallest absolute Gasteiger partial charge is 0.164 e. The van der Waals surface area contributed by atoms with Gasteiger partial charge in [-0.3, -0.25) is 4.79 Å². The molecule has 1 heteroatoms. The van der Waals surface area contributed by atoms with E-state index in [4.69, 9.17) is 0 Å². The van der Waals surface area contributed by atoms with Gasteiger partial charge in [-0.15, -0.1) is 0 Å². The molecule has 0 amide bonds. The molecule has 0 aliphatic carbocycles. The van der Waals surface area contributed by atoms with E-state index in [0.29, 0.717) is 6.42 Å². The molecule has 0 saturated carbocycles. The summed E-state index contributed by atoms with van der Waals surface area (Å²) in [5.41, 5.74) is 3.99. The van der Waals surface area contributed by atoms with Gasteiger partial charge in [-0.2, -0.15) is 0 Å². The summed E-state index contributed by atoms with van der Waals surface area (Å²) in [6.07, 6.45) is 0.382. The Bertz CT molecular complexity index is 882. The molecule has 122 valence electrons. The van der Waals surface area contributed by atoms with Crippen molar-refractivity contribution in [2.24, 2.45) is 0 Å². The van der Waals surface area contributed by atoms with Crippen LogP contribution in [0.15, 0.2) is 84.9 Å². The molecule has 0 heterocycles. The molecule has 0 radical (unpaired) electrons. The molecule has 25 heavy (non-hydrogen) atoms. The second-order valence-corrected chi connectivity index (χ2v) is 6.09. The summed E-state index contributed by atoms with van der Waals surface area (Å²) >= 11 is 0. The predicted molar refractivity (Wildman–Crippen MR) is 103 cm³/mol. The number of hydrogen-bond acceptors (Lipinski definition) is 1. The van der Waals surface area contributed by atoms with Crippen LogP contribution in [0.2, 0.25) is 0 Å². The van der Waals surface area contributed by atoms with E-state index in [0.717, 1.165) is 16.7 Å². The van der Waals surface area contributed by atoms with Gasteiger partial charge >= 0.3 is 0 Å². The molecular formula is C24H20O. The van der Waals surface area contributed by atoms with Gasteiger partial charge in [-0.05, 0) is 24.6 Å². The minimum atomic E-state index is -0.117. The molecule has 1 unspecified atom stereocenters. The third-order valence-corrected chi connectivity index (χ3v) is 4.13. The average molecular weight is 324 g/mol. The lowest BCUT2D eigenvalue weighted by Gasteiger charge is -2.11. The summed E-state index contributed by atoms with van der Waals surface area (Å²) in [5.74, 6) is 6.52. The molecule has 3 rings (SSSR count). The number of aryl methyl sites for hydroxylation is 1. The molecule has 1 atom stereocenters. The molecule has 0 spiro atoms. The molecule has 0 N–H and O–H groups in total. The van der Waals surface area contributed by atoms with Crippen LogP contribution in [0.1, 0.15) is 39.4 Å². The molecule has 1 nitrogen and oxygen atoms in total. The van der Waals surface area contributed by atoms with E-state index in [1.807, 2.05) is 60.7 Å². The van der Waals surface area contributed by atoms with Gasteiger partial charge in [-0.1, -0.05) is 90.2 Å². The van der Waals surface area contributed by atoms with Crippen molar-refractivity contribution in [2.75, 3.05) is 0 Å². The molecular weight excluding hydrogens is 304 g/mol. The Labute approximate surface area is 149 Å². The number of carbonyl (C=O) groups excluding carboxylic acids is 1. The zero-order valence-electron chi connectivity index (χ0n) is 14.3. The zero-order valence-corrected chi connectivity index (χ0v) is 14.3. The van der Waals surface area contributed by atoms with Crippen molar-refractivity contribution in [1.29, 1.82) is 0 Å². The minimum absolute atomic E-state index is 0.117. The van der Waals surface area contributed by atoms with Crippen LogP contribution in [0.5, 0.6) is 0 Å². The Morgan fingerprint density at radius 3 is 2.08 bits per heavy atom. The number of carbonyl (C=O) groups is 1. The third-order valence-electron chi connectivity index (χ3n) is 4.13. The maximum absolute atomic E-state index is 12.6. The molecule has 3 aromatic rings. The molecule has 0 bridgehead atoms. The van der Waals surface area contributed by atoms with Crippen LogP contribution in [-0.2, 0) is 0 Å². The van der Waals surface area contributed by atoms with Crippen LogP contribution in [0.3, 0.4) is 0 Å². The maximum Gasteiger partial charge on any atom is 0.164 e. The van der Waals surface area contributed by atoms with Gasteiger partial charge in [0.05, 0.1) is 5.92 Å². The van der Waals surface area contributed by atoms with Gasteiger partial charge in [0.15, 0.2) is 5.78 Å². The fourth-order valence-electron chi connectivity index (χ4n) is 2.67. The van der Waals surface area contributed by atoms with Crippen molar-refractivity contribution in [1.82, 2.24) is 0 Å². The Balaban J connectivity index is 1.88. The fraction of sp³-hybridized carbons (Fsp3) is 0.125. The van der Waals surface area contributed by atoms with E-state index in [1.54, 1.807) is 0 Å². The normalized spacial score (nSPS) is 11.2. The fourth-order valence-corrected chi connectivity index (χ4v) is 2.67. The highest BCUT2D eigenvalue weighted by molar-refractivity contribution is 5.96. The van der Waals surface area contributed by atoms with E-state index in [1.165, 1.54) is 5.56 Å². The molecule has 0 aliphatic rings. The first-order valence-electron chi connectivity index (χ1n) is 8.44. The first-order valence-corrected chi connectivity index (χ1v) is 8.44. The van der Waals surface area contributed by atoms with Crippen molar-refractivity contribution < 1.29 is 4.79 Å². The number of Topliss-reactive ketones (excluding diaryl/α,β-unsaturated/α-hetero) is 1. The number of rotatable bonds is 4. The second-order valence-electron chi connectivity index (χ2n) is 6.09. The summed E-state index contributed by atoms with van der Waals surface area (Å²) in [5, 5.41) is 0. The van der Waals surface area contributed by atoms with Gasteiger partial charge in [0.1, 0.15) is 0 Å². The summed E-state index contributed by atoms with van der Waals surface area (Å²) in [4.78, 5) is 12.6.